The first-order valence-electron chi connectivity index (χ1n) is 14.5. The number of nitrogens with zero attached hydrogens (tertiary/aromatic N) is 4. The highest BCUT2D eigenvalue weighted by atomic mass is 35.5. The normalized spacial score (nSPS) is 15.0. The zero-order chi connectivity index (χ0) is 28.1. The molecule has 4 aromatic rings. The number of phenolic OH excluding ortho intramolecular Hbond substituents is 1. The number of carbonyl (C=O) groups excluding carboxylic acids is 1. The molecule has 3 aromatic carbocycles. The Labute approximate surface area is 248 Å². The lowest BCUT2D eigenvalue weighted by atomic mass is 9.87. The third-order valence-electron chi connectivity index (χ3n) is 8.35. The standard InChI is InChI=1S/C33H40N4O3.ClH/c1-3-36(4-2)33(40)25-14-12-24(13-15-25)29(26-8-7-9-28(39)22-26)18-21-35-19-16-27(17-20-35)37-31-11-6-5-10-30(31)34-32(37)23-38;/h5-15,22,27,29,38-39H,3-4,16-21,23H2,1-2H3;1H. The van der Waals surface area contributed by atoms with Crippen LogP contribution in [0.1, 0.15) is 72.4 Å². The molecular weight excluding hydrogens is 536 g/mol. The number of halogens is 1. The molecule has 1 aliphatic rings. The number of hydrogen-bond acceptors (Lipinski definition) is 5. The van der Waals surface area contributed by atoms with E-state index in [1.165, 1.54) is 0 Å². The molecule has 1 saturated heterocycles. The second kappa shape index (κ2) is 14.0. The molecule has 2 N–H and O–H groups in total. The second-order valence-corrected chi connectivity index (χ2v) is 10.7. The molecule has 1 unspecified atom stereocenters. The summed E-state index contributed by atoms with van der Waals surface area (Å²) < 4.78 is 2.24. The van der Waals surface area contributed by atoms with Crippen molar-refractivity contribution in [2.75, 3.05) is 32.7 Å². The first-order chi connectivity index (χ1) is 19.5. The van der Waals surface area contributed by atoms with Gasteiger partial charge in [-0.1, -0.05) is 36.4 Å². The number of aromatic hydroxyl groups is 1. The molecular formula is C33H41ClN4O3. The Morgan fingerprint density at radius 3 is 2.34 bits per heavy atom. The highest BCUT2D eigenvalue weighted by molar-refractivity contribution is 5.94. The van der Waals surface area contributed by atoms with Gasteiger partial charge in [0.25, 0.3) is 5.91 Å². The van der Waals surface area contributed by atoms with Crippen LogP contribution in [0.5, 0.6) is 5.75 Å². The van der Waals surface area contributed by atoms with Gasteiger partial charge in [-0.15, -0.1) is 12.4 Å². The number of benzene rings is 3. The fraction of sp³-hybridized carbons (Fsp3) is 0.394. The smallest absolute Gasteiger partial charge is 0.253 e. The van der Waals surface area contributed by atoms with Gasteiger partial charge < -0.3 is 24.6 Å². The quantitative estimate of drug-likeness (QED) is 0.242. The van der Waals surface area contributed by atoms with Crippen LogP contribution in [0, 0.1) is 0 Å². The van der Waals surface area contributed by atoms with Crippen molar-refractivity contribution in [3.63, 3.8) is 0 Å². The van der Waals surface area contributed by atoms with Crippen molar-refractivity contribution in [1.82, 2.24) is 19.4 Å². The fourth-order valence-electron chi connectivity index (χ4n) is 6.14. The van der Waals surface area contributed by atoms with E-state index in [1.807, 2.05) is 61.2 Å². The number of fused-ring (bicyclic) bond motifs is 1. The fourth-order valence-corrected chi connectivity index (χ4v) is 6.14. The van der Waals surface area contributed by atoms with E-state index in [9.17, 15) is 15.0 Å². The Balaban J connectivity index is 0.00000387. The van der Waals surface area contributed by atoms with Crippen molar-refractivity contribution < 1.29 is 15.0 Å². The van der Waals surface area contributed by atoms with E-state index in [0.29, 0.717) is 24.7 Å². The van der Waals surface area contributed by atoms with E-state index in [2.05, 4.69) is 38.7 Å². The number of phenols is 1. The lowest BCUT2D eigenvalue weighted by Crippen LogP contribution is -2.36. The van der Waals surface area contributed by atoms with Crippen molar-refractivity contribution in [2.45, 2.75) is 51.7 Å². The van der Waals surface area contributed by atoms with Crippen LogP contribution in [0.4, 0.5) is 0 Å². The Hall–Kier alpha value is -3.39. The third-order valence-corrected chi connectivity index (χ3v) is 8.35. The number of rotatable bonds is 10. The van der Waals surface area contributed by atoms with E-state index in [0.717, 1.165) is 66.9 Å². The average Bonchev–Trinajstić information content (AvgIpc) is 3.37. The molecule has 218 valence electrons. The topological polar surface area (TPSA) is 81.8 Å². The Morgan fingerprint density at radius 1 is 0.976 bits per heavy atom. The van der Waals surface area contributed by atoms with Crippen molar-refractivity contribution >= 4 is 29.3 Å². The van der Waals surface area contributed by atoms with Gasteiger partial charge in [-0.05, 0) is 87.2 Å². The SMILES string of the molecule is CCN(CC)C(=O)c1ccc(C(CCN2CCC(n3c(CO)nc4ccccc43)CC2)c2cccc(O)c2)cc1.Cl. The molecule has 1 amide bonds. The molecule has 2 heterocycles. The van der Waals surface area contributed by atoms with Gasteiger partial charge >= 0.3 is 0 Å². The van der Waals surface area contributed by atoms with Crippen LogP contribution in [0.2, 0.25) is 0 Å². The first-order valence-corrected chi connectivity index (χ1v) is 14.5. The van der Waals surface area contributed by atoms with E-state index < -0.39 is 0 Å². The zero-order valence-electron chi connectivity index (χ0n) is 23.9. The molecule has 0 radical (unpaired) electrons. The largest absolute Gasteiger partial charge is 0.508 e. The molecule has 8 heteroatoms. The summed E-state index contributed by atoms with van der Waals surface area (Å²) >= 11 is 0. The van der Waals surface area contributed by atoms with Gasteiger partial charge in [0.1, 0.15) is 18.2 Å². The van der Waals surface area contributed by atoms with Crippen LogP contribution in [0.25, 0.3) is 11.0 Å². The number of hydrogen-bond donors (Lipinski definition) is 2. The summed E-state index contributed by atoms with van der Waals surface area (Å²) in [6.45, 7) is 8.22. The predicted molar refractivity (Wildman–Crippen MR) is 166 cm³/mol. The minimum absolute atomic E-state index is 0. The monoisotopic (exact) mass is 576 g/mol. The molecule has 0 bridgehead atoms. The Bertz CT molecular complexity index is 1430. The van der Waals surface area contributed by atoms with Gasteiger partial charge in [-0.3, -0.25) is 4.79 Å². The summed E-state index contributed by atoms with van der Waals surface area (Å²) in [6.07, 6.45) is 2.92. The molecule has 1 fully saturated rings. The minimum atomic E-state index is -0.0558. The number of amides is 1. The number of para-hydroxylation sites is 2. The van der Waals surface area contributed by atoms with Crippen LogP contribution in [0.15, 0.2) is 72.8 Å². The molecule has 0 aliphatic carbocycles. The Morgan fingerprint density at radius 2 is 1.68 bits per heavy atom. The van der Waals surface area contributed by atoms with Crippen LogP contribution in [-0.2, 0) is 6.61 Å². The predicted octanol–water partition coefficient (Wildman–Crippen LogP) is 6.00. The number of imidazole rings is 1. The molecule has 41 heavy (non-hydrogen) atoms. The molecule has 1 atom stereocenters. The molecule has 0 spiro atoms. The maximum Gasteiger partial charge on any atom is 0.253 e. The van der Waals surface area contributed by atoms with E-state index in [-0.39, 0.29) is 36.6 Å². The van der Waals surface area contributed by atoms with Crippen molar-refractivity contribution in [3.8, 4) is 5.75 Å². The number of aliphatic hydroxyl groups is 1. The number of aliphatic hydroxyl groups excluding tert-OH is 1. The van der Waals surface area contributed by atoms with Gasteiger partial charge in [0, 0.05) is 43.7 Å². The molecule has 0 saturated carbocycles. The van der Waals surface area contributed by atoms with Gasteiger partial charge in [0.05, 0.1) is 11.0 Å². The zero-order valence-corrected chi connectivity index (χ0v) is 24.8. The van der Waals surface area contributed by atoms with Crippen molar-refractivity contribution in [1.29, 1.82) is 0 Å². The van der Waals surface area contributed by atoms with Gasteiger partial charge in [-0.25, -0.2) is 4.98 Å². The van der Waals surface area contributed by atoms with Gasteiger partial charge in [0.2, 0.25) is 0 Å². The van der Waals surface area contributed by atoms with Crippen molar-refractivity contribution in [3.05, 3.63) is 95.3 Å². The summed E-state index contributed by atoms with van der Waals surface area (Å²) in [7, 11) is 0. The number of likely N-dealkylation sites (tertiary alicyclic amines) is 1. The minimum Gasteiger partial charge on any atom is -0.508 e. The lowest BCUT2D eigenvalue weighted by molar-refractivity contribution is 0.0773. The lowest BCUT2D eigenvalue weighted by Gasteiger charge is -2.34. The highest BCUT2D eigenvalue weighted by Gasteiger charge is 2.25. The molecule has 7 nitrogen and oxygen atoms in total. The summed E-state index contributed by atoms with van der Waals surface area (Å²) in [5, 5.41) is 20.2. The van der Waals surface area contributed by atoms with Gasteiger partial charge in [0.15, 0.2) is 0 Å². The van der Waals surface area contributed by atoms with Crippen LogP contribution >= 0.6 is 12.4 Å². The summed E-state index contributed by atoms with van der Waals surface area (Å²) in [5.74, 6) is 1.18. The molecule has 1 aromatic heterocycles. The summed E-state index contributed by atoms with van der Waals surface area (Å²) in [5.41, 5.74) is 4.97. The van der Waals surface area contributed by atoms with Crippen LogP contribution in [-0.4, -0.2) is 68.2 Å². The van der Waals surface area contributed by atoms with Crippen LogP contribution in [0.3, 0.4) is 0 Å². The molecule has 1 aliphatic heterocycles. The number of carbonyl (C=O) groups is 1. The number of aromatic nitrogens is 2. The van der Waals surface area contributed by atoms with Gasteiger partial charge in [-0.2, -0.15) is 0 Å². The maximum atomic E-state index is 12.8. The number of piperidine rings is 1. The summed E-state index contributed by atoms with van der Waals surface area (Å²) in [4.78, 5) is 21.8. The highest BCUT2D eigenvalue weighted by Crippen LogP contribution is 2.33. The van der Waals surface area contributed by atoms with E-state index in [1.54, 1.807) is 6.07 Å². The van der Waals surface area contributed by atoms with Crippen molar-refractivity contribution in [2.24, 2.45) is 0 Å². The Kier molecular flexibility index (Phi) is 10.4. The van der Waals surface area contributed by atoms with E-state index >= 15 is 0 Å². The first kappa shape index (κ1) is 30.6. The average molecular weight is 577 g/mol. The van der Waals surface area contributed by atoms with E-state index in [4.69, 9.17) is 0 Å². The molecule has 5 rings (SSSR count). The van der Waals surface area contributed by atoms with Crippen LogP contribution < -0.4 is 0 Å². The summed E-state index contributed by atoms with van der Waals surface area (Å²) in [6, 6.07) is 24.0. The maximum absolute atomic E-state index is 12.8. The second-order valence-electron chi connectivity index (χ2n) is 10.7. The third kappa shape index (κ3) is 6.75.